The molecule has 132 valence electrons. The number of carbonyl (C=O) groups is 3. The van der Waals surface area contributed by atoms with Crippen molar-refractivity contribution in [2.75, 3.05) is 18.7 Å². The first-order valence-electron chi connectivity index (χ1n) is 7.04. The third-order valence-corrected chi connectivity index (χ3v) is 4.09. The zero-order valence-electron chi connectivity index (χ0n) is 12.9. The predicted molar refractivity (Wildman–Crippen MR) is 91.2 cm³/mol. The molecule has 0 saturated carbocycles. The molecule has 2 unspecified atom stereocenters. The molecule has 1 aromatic carbocycles. The van der Waals surface area contributed by atoms with Gasteiger partial charge in [-0.1, -0.05) is 23.7 Å². The van der Waals surface area contributed by atoms with Crippen LogP contribution in [0.1, 0.15) is 16.8 Å². The third-order valence-electron chi connectivity index (χ3n) is 3.12. The smallest absolute Gasteiger partial charge is 0.328 e. The number of alkyl halides is 1. The van der Waals surface area contributed by atoms with Crippen LogP contribution in [-0.4, -0.2) is 53.7 Å². The molecule has 0 aliphatic rings. The Labute approximate surface area is 148 Å². The van der Waals surface area contributed by atoms with Gasteiger partial charge in [-0.3, -0.25) is 9.59 Å². The summed E-state index contributed by atoms with van der Waals surface area (Å²) < 4.78 is 12.7. The van der Waals surface area contributed by atoms with Crippen LogP contribution in [0.25, 0.3) is 0 Å². The second-order valence-corrected chi connectivity index (χ2v) is 6.23. The summed E-state index contributed by atoms with van der Waals surface area (Å²) in [6.45, 7) is -1.24. The number of hydrogen-bond donors (Lipinski definition) is 3. The van der Waals surface area contributed by atoms with E-state index in [9.17, 15) is 18.8 Å². The first kappa shape index (κ1) is 20.2. The summed E-state index contributed by atoms with van der Waals surface area (Å²) in [4.78, 5) is 35.3. The number of rotatable bonds is 9. The number of carboxylic acids is 1. The number of carbonyl (C=O) groups excluding carboxylic acids is 2. The number of aliphatic carboxylic acids is 1. The zero-order chi connectivity index (χ0) is 18.1. The molecule has 3 N–H and O–H groups in total. The Morgan fingerprint density at radius 2 is 1.92 bits per heavy atom. The summed E-state index contributed by atoms with van der Waals surface area (Å²) in [6.07, 6.45) is 2.09. The van der Waals surface area contributed by atoms with E-state index in [0.29, 0.717) is 5.75 Å². The molecule has 24 heavy (non-hydrogen) atoms. The van der Waals surface area contributed by atoms with Crippen LogP contribution in [0.5, 0.6) is 0 Å². The van der Waals surface area contributed by atoms with E-state index in [1.807, 2.05) is 6.26 Å². The van der Waals surface area contributed by atoms with Crippen LogP contribution in [0.2, 0.25) is 5.02 Å². The molecule has 0 saturated heterocycles. The van der Waals surface area contributed by atoms with E-state index in [0.717, 1.165) is 0 Å². The van der Waals surface area contributed by atoms with Crippen molar-refractivity contribution >= 4 is 41.1 Å². The summed E-state index contributed by atoms with van der Waals surface area (Å²) >= 11 is 7.40. The highest BCUT2D eigenvalue weighted by Crippen LogP contribution is 2.15. The highest BCUT2D eigenvalue weighted by atomic mass is 35.5. The van der Waals surface area contributed by atoms with E-state index >= 15 is 0 Å². The molecular weight excluding hydrogens is 359 g/mol. The lowest BCUT2D eigenvalue weighted by molar-refractivity contribution is -0.142. The van der Waals surface area contributed by atoms with Crippen LogP contribution in [-0.2, 0) is 9.59 Å². The van der Waals surface area contributed by atoms with Crippen molar-refractivity contribution in [1.29, 1.82) is 0 Å². The predicted octanol–water partition coefficient (Wildman–Crippen LogP) is 1.73. The van der Waals surface area contributed by atoms with Gasteiger partial charge in [0.2, 0.25) is 5.91 Å². The minimum Gasteiger partial charge on any atom is -0.480 e. The minimum atomic E-state index is -1.65. The molecule has 0 aliphatic heterocycles. The number of halogens is 2. The largest absolute Gasteiger partial charge is 0.480 e. The molecule has 0 aliphatic carbocycles. The maximum atomic E-state index is 12.7. The topological polar surface area (TPSA) is 95.5 Å². The van der Waals surface area contributed by atoms with E-state index in [1.165, 1.54) is 23.9 Å². The van der Waals surface area contributed by atoms with Gasteiger partial charge in [0.15, 0.2) is 6.04 Å². The lowest BCUT2D eigenvalue weighted by atomic mass is 10.1. The zero-order valence-corrected chi connectivity index (χ0v) is 14.5. The van der Waals surface area contributed by atoms with Crippen LogP contribution in [0, 0.1) is 0 Å². The van der Waals surface area contributed by atoms with Gasteiger partial charge in [0.05, 0.1) is 10.6 Å². The summed E-state index contributed by atoms with van der Waals surface area (Å²) in [5.74, 6) is -2.25. The Morgan fingerprint density at radius 1 is 1.25 bits per heavy atom. The van der Waals surface area contributed by atoms with Crippen molar-refractivity contribution in [1.82, 2.24) is 10.6 Å². The first-order chi connectivity index (χ1) is 11.4. The molecule has 0 spiro atoms. The average molecular weight is 377 g/mol. The normalized spacial score (nSPS) is 13.0. The van der Waals surface area contributed by atoms with Gasteiger partial charge in [0.1, 0.15) is 12.7 Å². The third kappa shape index (κ3) is 6.01. The summed E-state index contributed by atoms with van der Waals surface area (Å²) in [5, 5.41) is 13.6. The van der Waals surface area contributed by atoms with E-state index in [2.05, 4.69) is 10.6 Å². The number of thioether (sulfide) groups is 1. The molecule has 0 radical (unpaired) electrons. The second-order valence-electron chi connectivity index (χ2n) is 4.84. The SMILES string of the molecule is CSCCC(NC(=O)c1ccccc1Cl)C(=O)NC(CF)C(=O)O. The van der Waals surface area contributed by atoms with Gasteiger partial charge >= 0.3 is 5.97 Å². The van der Waals surface area contributed by atoms with Gasteiger partial charge in [-0.15, -0.1) is 0 Å². The molecule has 2 atom stereocenters. The number of hydrogen-bond acceptors (Lipinski definition) is 4. The standard InChI is InChI=1S/C15H18ClFN2O4S/c1-24-7-6-11(14(21)19-12(8-17)15(22)23)18-13(20)9-4-2-3-5-10(9)16/h2-5,11-12H,6-8H2,1H3,(H,18,20)(H,19,21)(H,22,23). The van der Waals surface area contributed by atoms with Crippen molar-refractivity contribution < 1.29 is 23.9 Å². The van der Waals surface area contributed by atoms with Gasteiger partial charge in [-0.25, -0.2) is 9.18 Å². The Balaban J connectivity index is 2.84. The van der Waals surface area contributed by atoms with E-state index in [4.69, 9.17) is 16.7 Å². The number of nitrogens with one attached hydrogen (secondary N) is 2. The molecular formula is C15H18ClFN2O4S. The Hall–Kier alpha value is -1.80. The van der Waals surface area contributed by atoms with Crippen LogP contribution in [0.3, 0.4) is 0 Å². The summed E-state index contributed by atoms with van der Waals surface area (Å²) in [5.41, 5.74) is 0.196. The van der Waals surface area contributed by atoms with Crippen LogP contribution < -0.4 is 10.6 Å². The average Bonchev–Trinajstić information content (AvgIpc) is 2.55. The highest BCUT2D eigenvalue weighted by Gasteiger charge is 2.27. The van der Waals surface area contributed by atoms with Crippen LogP contribution in [0.15, 0.2) is 24.3 Å². The second kappa shape index (κ2) is 10.1. The highest BCUT2D eigenvalue weighted by molar-refractivity contribution is 7.98. The van der Waals surface area contributed by atoms with Crippen molar-refractivity contribution in [3.05, 3.63) is 34.9 Å². The molecule has 9 heteroatoms. The maximum absolute atomic E-state index is 12.7. The Kier molecular flexibility index (Phi) is 8.56. The molecule has 1 aromatic rings. The van der Waals surface area contributed by atoms with Crippen molar-refractivity contribution in [3.8, 4) is 0 Å². The quantitative estimate of drug-likeness (QED) is 0.610. The van der Waals surface area contributed by atoms with Crippen molar-refractivity contribution in [2.24, 2.45) is 0 Å². The monoisotopic (exact) mass is 376 g/mol. The number of benzene rings is 1. The summed E-state index contributed by atoms with van der Waals surface area (Å²) in [7, 11) is 0. The molecule has 0 heterocycles. The Morgan fingerprint density at radius 3 is 2.46 bits per heavy atom. The fourth-order valence-electron chi connectivity index (χ4n) is 1.82. The van der Waals surface area contributed by atoms with Crippen LogP contribution in [0.4, 0.5) is 4.39 Å². The number of carboxylic acid groups (broad SMARTS) is 1. The van der Waals surface area contributed by atoms with E-state index in [1.54, 1.807) is 12.1 Å². The molecule has 2 amide bonds. The van der Waals surface area contributed by atoms with Gasteiger partial charge in [0, 0.05) is 0 Å². The van der Waals surface area contributed by atoms with Crippen molar-refractivity contribution in [2.45, 2.75) is 18.5 Å². The van der Waals surface area contributed by atoms with Gasteiger partial charge in [-0.05, 0) is 30.6 Å². The van der Waals surface area contributed by atoms with E-state index in [-0.39, 0.29) is 17.0 Å². The van der Waals surface area contributed by atoms with Crippen molar-refractivity contribution in [3.63, 3.8) is 0 Å². The fourth-order valence-corrected chi connectivity index (χ4v) is 2.52. The van der Waals surface area contributed by atoms with Gasteiger partial charge in [0.25, 0.3) is 5.91 Å². The molecule has 0 bridgehead atoms. The maximum Gasteiger partial charge on any atom is 0.328 e. The lowest BCUT2D eigenvalue weighted by Gasteiger charge is -2.20. The molecule has 0 aromatic heterocycles. The van der Waals surface area contributed by atoms with Gasteiger partial charge in [-0.2, -0.15) is 11.8 Å². The summed E-state index contributed by atoms with van der Waals surface area (Å²) in [6, 6.07) is 3.69. The van der Waals surface area contributed by atoms with E-state index < -0.39 is 36.5 Å². The van der Waals surface area contributed by atoms with Gasteiger partial charge < -0.3 is 15.7 Å². The Bertz CT molecular complexity index is 603. The fraction of sp³-hybridized carbons (Fsp3) is 0.400. The first-order valence-corrected chi connectivity index (χ1v) is 8.81. The molecule has 6 nitrogen and oxygen atoms in total. The van der Waals surface area contributed by atoms with Crippen LogP contribution >= 0.6 is 23.4 Å². The molecule has 1 rings (SSSR count). The lowest BCUT2D eigenvalue weighted by Crippen LogP contribution is -2.52. The minimum absolute atomic E-state index is 0.196. The molecule has 0 fully saturated rings. The number of amides is 2.